The molecule has 0 bridgehead atoms. The molecule has 0 aliphatic rings. The van der Waals surface area contributed by atoms with Crippen LogP contribution in [-0.4, -0.2) is 50.7 Å². The van der Waals surface area contributed by atoms with Gasteiger partial charge in [-0.25, -0.2) is 0 Å². The first-order valence-corrected chi connectivity index (χ1v) is 11.0. The third-order valence-corrected chi connectivity index (χ3v) is 5.22. The van der Waals surface area contributed by atoms with Gasteiger partial charge in [0.2, 0.25) is 5.91 Å². The van der Waals surface area contributed by atoms with Gasteiger partial charge in [-0.1, -0.05) is 29.5 Å². The summed E-state index contributed by atoms with van der Waals surface area (Å²) in [5, 5.41) is 12.3. The summed E-state index contributed by atoms with van der Waals surface area (Å²) in [6.07, 6.45) is 4.46. The van der Waals surface area contributed by atoms with Crippen LogP contribution in [0, 0.1) is 6.92 Å². The summed E-state index contributed by atoms with van der Waals surface area (Å²) < 4.78 is 7.46. The van der Waals surface area contributed by atoms with E-state index in [9.17, 15) is 4.79 Å². The van der Waals surface area contributed by atoms with Crippen molar-refractivity contribution < 1.29 is 9.53 Å². The summed E-state index contributed by atoms with van der Waals surface area (Å²) >= 11 is 1.37. The lowest BCUT2D eigenvalue weighted by atomic mass is 10.2. The normalized spacial score (nSPS) is 11.1. The molecule has 0 atom stereocenters. The van der Waals surface area contributed by atoms with E-state index >= 15 is 0 Å². The summed E-state index contributed by atoms with van der Waals surface area (Å²) in [6, 6.07) is 12.0. The number of hydrogen-bond acceptors (Lipinski definition) is 6. The first-order chi connectivity index (χ1) is 14.5. The highest BCUT2D eigenvalue weighted by Crippen LogP contribution is 2.27. The Bertz CT molecular complexity index is 942. The van der Waals surface area contributed by atoms with Crippen LogP contribution in [0.3, 0.4) is 0 Å². The quantitative estimate of drug-likeness (QED) is 0.394. The van der Waals surface area contributed by atoms with Crippen LogP contribution in [-0.2, 0) is 9.53 Å². The molecular formula is C22H27N5O2S. The minimum absolute atomic E-state index is 0.0338. The Morgan fingerprint density at radius 2 is 1.87 bits per heavy atom. The Hall–Kier alpha value is -2.71. The molecule has 158 valence electrons. The maximum atomic E-state index is 12.2. The molecule has 0 aliphatic carbocycles. The number of carbonyl (C=O) groups excluding carboxylic acids is 1. The molecular weight excluding hydrogens is 398 g/mol. The number of carbonyl (C=O) groups is 1. The van der Waals surface area contributed by atoms with Gasteiger partial charge in [-0.3, -0.25) is 14.3 Å². The molecule has 1 aromatic carbocycles. The van der Waals surface area contributed by atoms with Crippen LogP contribution >= 0.6 is 11.8 Å². The van der Waals surface area contributed by atoms with Crippen molar-refractivity contribution >= 4 is 17.7 Å². The average molecular weight is 426 g/mol. The lowest BCUT2D eigenvalue weighted by Gasteiger charge is -2.11. The van der Waals surface area contributed by atoms with Gasteiger partial charge in [-0.2, -0.15) is 0 Å². The monoisotopic (exact) mass is 425 g/mol. The Morgan fingerprint density at radius 1 is 1.13 bits per heavy atom. The number of amides is 1. The molecule has 0 aliphatic heterocycles. The number of benzene rings is 1. The molecule has 0 saturated carbocycles. The number of nitrogens with zero attached hydrogens (tertiary/aromatic N) is 4. The van der Waals surface area contributed by atoms with Crippen LogP contribution in [0.5, 0.6) is 0 Å². The van der Waals surface area contributed by atoms with Crippen molar-refractivity contribution in [3.05, 3.63) is 54.4 Å². The summed E-state index contributed by atoms with van der Waals surface area (Å²) in [4.78, 5) is 16.3. The average Bonchev–Trinajstić information content (AvgIpc) is 3.17. The van der Waals surface area contributed by atoms with Gasteiger partial charge in [0.1, 0.15) is 0 Å². The second-order valence-electron chi connectivity index (χ2n) is 7.12. The van der Waals surface area contributed by atoms with Gasteiger partial charge < -0.3 is 10.1 Å². The molecule has 0 radical (unpaired) electrons. The molecule has 1 N–H and O–H groups in total. The van der Waals surface area contributed by atoms with E-state index in [2.05, 4.69) is 20.5 Å². The number of aromatic nitrogens is 4. The number of thioether (sulfide) groups is 1. The summed E-state index contributed by atoms with van der Waals surface area (Å²) in [7, 11) is 0. The van der Waals surface area contributed by atoms with Crippen molar-refractivity contribution in [2.45, 2.75) is 38.5 Å². The fraction of sp³-hybridized carbons (Fsp3) is 0.364. The highest BCUT2D eigenvalue weighted by atomic mass is 32.2. The Morgan fingerprint density at radius 3 is 2.57 bits per heavy atom. The predicted octanol–water partition coefficient (Wildman–Crippen LogP) is 3.66. The molecule has 8 heteroatoms. The highest BCUT2D eigenvalue weighted by molar-refractivity contribution is 7.99. The lowest BCUT2D eigenvalue weighted by Crippen LogP contribution is -2.27. The van der Waals surface area contributed by atoms with Gasteiger partial charge in [-0.05, 0) is 51.5 Å². The van der Waals surface area contributed by atoms with Crippen molar-refractivity contribution in [1.82, 2.24) is 25.1 Å². The SMILES string of the molecule is Cc1ccc(-n2c(SCC(=O)NCCCOC(C)C)nnc2-c2ccncc2)cc1. The van der Waals surface area contributed by atoms with Crippen LogP contribution < -0.4 is 5.32 Å². The van der Waals surface area contributed by atoms with Gasteiger partial charge in [0, 0.05) is 36.8 Å². The van der Waals surface area contributed by atoms with E-state index in [0.29, 0.717) is 18.3 Å². The fourth-order valence-corrected chi connectivity index (χ4v) is 3.56. The standard InChI is InChI=1S/C22H27N5O2S/c1-16(2)29-14-4-11-24-20(28)15-30-22-26-25-21(18-9-12-23-13-10-18)27(22)19-7-5-17(3)6-8-19/h5-10,12-13,16H,4,11,14-15H2,1-3H3,(H,24,28). The minimum Gasteiger partial charge on any atom is -0.379 e. The topological polar surface area (TPSA) is 81.9 Å². The van der Waals surface area contributed by atoms with Crippen molar-refractivity contribution in [3.8, 4) is 17.1 Å². The van der Waals surface area contributed by atoms with Crippen LogP contribution in [0.25, 0.3) is 17.1 Å². The first kappa shape index (κ1) is 22.0. The van der Waals surface area contributed by atoms with Crippen molar-refractivity contribution in [2.75, 3.05) is 18.9 Å². The largest absolute Gasteiger partial charge is 0.379 e. The van der Waals surface area contributed by atoms with E-state index in [1.54, 1.807) is 12.4 Å². The zero-order valence-electron chi connectivity index (χ0n) is 17.5. The van der Waals surface area contributed by atoms with Gasteiger partial charge in [0.15, 0.2) is 11.0 Å². The number of ether oxygens (including phenoxy) is 1. The molecule has 0 fully saturated rings. The first-order valence-electron chi connectivity index (χ1n) is 9.98. The molecule has 7 nitrogen and oxygen atoms in total. The number of nitrogens with one attached hydrogen (secondary N) is 1. The zero-order valence-corrected chi connectivity index (χ0v) is 18.4. The van der Waals surface area contributed by atoms with Gasteiger partial charge >= 0.3 is 0 Å². The van der Waals surface area contributed by atoms with Crippen molar-refractivity contribution in [3.63, 3.8) is 0 Å². The van der Waals surface area contributed by atoms with Crippen LogP contribution in [0.1, 0.15) is 25.8 Å². The van der Waals surface area contributed by atoms with E-state index in [1.807, 2.05) is 61.7 Å². The maximum absolute atomic E-state index is 12.2. The number of rotatable bonds is 10. The van der Waals surface area contributed by atoms with E-state index in [4.69, 9.17) is 4.74 Å². The predicted molar refractivity (Wildman–Crippen MR) is 119 cm³/mol. The summed E-state index contributed by atoms with van der Waals surface area (Å²) in [5.74, 6) is 0.953. The Labute approximate surface area is 181 Å². The third kappa shape index (κ3) is 6.14. The van der Waals surface area contributed by atoms with E-state index in [1.165, 1.54) is 17.3 Å². The lowest BCUT2D eigenvalue weighted by molar-refractivity contribution is -0.118. The van der Waals surface area contributed by atoms with E-state index in [0.717, 1.165) is 23.5 Å². The van der Waals surface area contributed by atoms with Crippen LogP contribution in [0.15, 0.2) is 53.9 Å². The fourth-order valence-electron chi connectivity index (χ4n) is 2.78. The molecule has 1 amide bonds. The smallest absolute Gasteiger partial charge is 0.230 e. The second-order valence-corrected chi connectivity index (χ2v) is 8.07. The van der Waals surface area contributed by atoms with Gasteiger partial charge in [0.25, 0.3) is 0 Å². The minimum atomic E-state index is -0.0338. The maximum Gasteiger partial charge on any atom is 0.230 e. The van der Waals surface area contributed by atoms with Crippen molar-refractivity contribution in [1.29, 1.82) is 0 Å². The Balaban J connectivity index is 1.70. The van der Waals surface area contributed by atoms with Gasteiger partial charge in [0.05, 0.1) is 11.9 Å². The molecule has 0 spiro atoms. The molecule has 30 heavy (non-hydrogen) atoms. The number of pyridine rings is 1. The summed E-state index contributed by atoms with van der Waals surface area (Å²) in [6.45, 7) is 7.28. The molecule has 2 aromatic heterocycles. The molecule has 2 heterocycles. The van der Waals surface area contributed by atoms with E-state index in [-0.39, 0.29) is 17.8 Å². The molecule has 3 aromatic rings. The molecule has 0 saturated heterocycles. The van der Waals surface area contributed by atoms with E-state index < -0.39 is 0 Å². The molecule has 3 rings (SSSR count). The number of aryl methyl sites for hydroxylation is 1. The van der Waals surface area contributed by atoms with Crippen LogP contribution in [0.4, 0.5) is 0 Å². The zero-order chi connectivity index (χ0) is 21.3. The second kappa shape index (κ2) is 10.9. The Kier molecular flexibility index (Phi) is 7.98. The third-order valence-electron chi connectivity index (χ3n) is 4.29. The van der Waals surface area contributed by atoms with Crippen molar-refractivity contribution in [2.24, 2.45) is 0 Å². The molecule has 0 unspecified atom stereocenters. The van der Waals surface area contributed by atoms with Gasteiger partial charge in [-0.15, -0.1) is 10.2 Å². The number of hydrogen-bond donors (Lipinski definition) is 1. The van der Waals surface area contributed by atoms with Crippen LogP contribution in [0.2, 0.25) is 0 Å². The highest BCUT2D eigenvalue weighted by Gasteiger charge is 2.17. The summed E-state index contributed by atoms with van der Waals surface area (Å²) in [5.41, 5.74) is 3.04.